The largest absolute Gasteiger partial charge is 0.478 e. The van der Waals surface area contributed by atoms with Gasteiger partial charge in [-0.1, -0.05) is 0 Å². The van der Waals surface area contributed by atoms with E-state index in [4.69, 9.17) is 5.11 Å². The molecule has 2 rings (SSSR count). The number of aliphatic hydroxyl groups is 1. The van der Waals surface area contributed by atoms with Crippen LogP contribution in [0.15, 0.2) is 31.5 Å². The first-order valence-corrected chi connectivity index (χ1v) is 5.06. The first kappa shape index (κ1) is 10.3. The van der Waals surface area contributed by atoms with Gasteiger partial charge in [0.15, 0.2) is 6.23 Å². The number of hydrogen-bond donors (Lipinski definition) is 2. The first-order valence-electron chi connectivity index (χ1n) is 3.98. The summed E-state index contributed by atoms with van der Waals surface area (Å²) in [7, 11) is 0. The van der Waals surface area contributed by atoms with Crippen LogP contribution >= 0.6 is 22.6 Å². The van der Waals surface area contributed by atoms with Crippen LogP contribution in [-0.4, -0.2) is 39.5 Å². The van der Waals surface area contributed by atoms with Gasteiger partial charge in [-0.2, -0.15) is 0 Å². The lowest BCUT2D eigenvalue weighted by molar-refractivity contribution is -0.134. The smallest absolute Gasteiger partial charge is 0.337 e. The minimum Gasteiger partial charge on any atom is -0.478 e. The molecule has 0 spiro atoms. The Morgan fingerprint density at radius 2 is 2.33 bits per heavy atom. The standard InChI is InChI=1S/C8H6IN3O3/c9-4-1-10-8-11-2-5(7(14)15)6(13)12(8)3-4/h1-3,6,13H,(H,14,15)/t6-/m0/s1. The van der Waals surface area contributed by atoms with Crippen molar-refractivity contribution in [1.82, 2.24) is 4.90 Å². The van der Waals surface area contributed by atoms with E-state index in [9.17, 15) is 9.90 Å². The lowest BCUT2D eigenvalue weighted by atomic mass is 10.2. The lowest BCUT2D eigenvalue weighted by Crippen LogP contribution is -2.42. The summed E-state index contributed by atoms with van der Waals surface area (Å²) in [6, 6.07) is 0. The molecule has 0 amide bonds. The number of aliphatic carboxylic acids is 1. The zero-order chi connectivity index (χ0) is 11.0. The van der Waals surface area contributed by atoms with Crippen molar-refractivity contribution in [3.63, 3.8) is 0 Å². The highest BCUT2D eigenvalue weighted by atomic mass is 127. The van der Waals surface area contributed by atoms with Crippen LogP contribution in [0.4, 0.5) is 0 Å². The van der Waals surface area contributed by atoms with E-state index in [0.717, 1.165) is 9.78 Å². The van der Waals surface area contributed by atoms with Gasteiger partial charge in [-0.3, -0.25) is 4.90 Å². The number of allylic oxidation sites excluding steroid dienone is 1. The second-order valence-corrected chi connectivity index (χ2v) is 4.12. The second kappa shape index (κ2) is 3.74. The molecule has 6 nitrogen and oxygen atoms in total. The topological polar surface area (TPSA) is 85.5 Å². The van der Waals surface area contributed by atoms with E-state index in [-0.39, 0.29) is 11.5 Å². The summed E-state index contributed by atoms with van der Waals surface area (Å²) in [6.45, 7) is 0. The van der Waals surface area contributed by atoms with E-state index in [1.165, 1.54) is 4.90 Å². The van der Waals surface area contributed by atoms with E-state index in [1.807, 2.05) is 22.6 Å². The molecule has 0 radical (unpaired) electrons. The van der Waals surface area contributed by atoms with Crippen molar-refractivity contribution >= 4 is 40.7 Å². The van der Waals surface area contributed by atoms with Crippen LogP contribution in [0, 0.1) is 0 Å². The Morgan fingerprint density at radius 1 is 1.60 bits per heavy atom. The van der Waals surface area contributed by atoms with Gasteiger partial charge in [0.05, 0.1) is 0 Å². The molecule has 0 bridgehead atoms. The Kier molecular flexibility index (Phi) is 2.57. The third-order valence-electron chi connectivity index (χ3n) is 1.90. The summed E-state index contributed by atoms with van der Waals surface area (Å²) < 4.78 is 0.789. The zero-order valence-corrected chi connectivity index (χ0v) is 9.49. The van der Waals surface area contributed by atoms with E-state index in [1.54, 1.807) is 12.4 Å². The molecule has 7 heteroatoms. The molecule has 15 heavy (non-hydrogen) atoms. The fourth-order valence-electron chi connectivity index (χ4n) is 1.20. The zero-order valence-electron chi connectivity index (χ0n) is 7.33. The SMILES string of the molecule is O=C(O)C1=CN=C2N=CC(I)=CN2[C@H]1O. The van der Waals surface area contributed by atoms with E-state index in [0.29, 0.717) is 0 Å². The van der Waals surface area contributed by atoms with E-state index >= 15 is 0 Å². The predicted molar refractivity (Wildman–Crippen MR) is 61.6 cm³/mol. The van der Waals surface area contributed by atoms with Crippen LogP contribution in [-0.2, 0) is 4.79 Å². The Labute approximate surface area is 98.5 Å². The van der Waals surface area contributed by atoms with E-state index in [2.05, 4.69) is 9.98 Å². The van der Waals surface area contributed by atoms with Gasteiger partial charge in [0, 0.05) is 22.2 Å². The van der Waals surface area contributed by atoms with Gasteiger partial charge in [-0.05, 0) is 22.6 Å². The van der Waals surface area contributed by atoms with Crippen LogP contribution in [0.2, 0.25) is 0 Å². The lowest BCUT2D eigenvalue weighted by Gasteiger charge is -2.29. The van der Waals surface area contributed by atoms with Crippen molar-refractivity contribution < 1.29 is 15.0 Å². The summed E-state index contributed by atoms with van der Waals surface area (Å²) in [5.41, 5.74) is -0.170. The Morgan fingerprint density at radius 3 is 3.00 bits per heavy atom. The van der Waals surface area contributed by atoms with Gasteiger partial charge in [-0.15, -0.1) is 0 Å². The number of halogens is 1. The molecule has 2 aliphatic rings. The molecule has 0 aromatic heterocycles. The number of nitrogens with zero attached hydrogens (tertiary/aromatic N) is 3. The van der Waals surface area contributed by atoms with Gasteiger partial charge >= 0.3 is 5.97 Å². The van der Waals surface area contributed by atoms with Crippen LogP contribution < -0.4 is 0 Å². The number of guanidine groups is 1. The molecule has 0 saturated heterocycles. The van der Waals surface area contributed by atoms with Crippen molar-refractivity contribution in [2.45, 2.75) is 6.23 Å². The Balaban J connectivity index is 2.40. The maximum atomic E-state index is 10.7. The maximum Gasteiger partial charge on any atom is 0.337 e. The minimum absolute atomic E-state index is 0.170. The van der Waals surface area contributed by atoms with Crippen LogP contribution in [0.5, 0.6) is 0 Å². The molecule has 78 valence electrons. The van der Waals surface area contributed by atoms with Crippen LogP contribution in [0.1, 0.15) is 0 Å². The van der Waals surface area contributed by atoms with Crippen molar-refractivity contribution in [3.8, 4) is 0 Å². The number of rotatable bonds is 1. The molecule has 0 unspecified atom stereocenters. The summed E-state index contributed by atoms with van der Waals surface area (Å²) >= 11 is 2.02. The fourth-order valence-corrected chi connectivity index (χ4v) is 1.64. The molecular formula is C8H6IN3O3. The first-order chi connectivity index (χ1) is 7.09. The third kappa shape index (κ3) is 1.79. The number of aliphatic imine (C=N–C) groups is 2. The molecule has 1 atom stereocenters. The molecule has 2 N–H and O–H groups in total. The highest BCUT2D eigenvalue weighted by molar-refractivity contribution is 14.1. The number of aliphatic hydroxyl groups excluding tert-OH is 1. The molecule has 0 fully saturated rings. The van der Waals surface area contributed by atoms with Crippen molar-refractivity contribution in [3.05, 3.63) is 21.6 Å². The summed E-state index contributed by atoms with van der Waals surface area (Å²) in [5, 5.41) is 18.5. The summed E-state index contributed by atoms with van der Waals surface area (Å²) in [5.74, 6) is -0.906. The monoisotopic (exact) mass is 319 g/mol. The van der Waals surface area contributed by atoms with Gasteiger partial charge in [-0.25, -0.2) is 14.8 Å². The number of carbonyl (C=O) groups is 1. The van der Waals surface area contributed by atoms with Crippen LogP contribution in [0.3, 0.4) is 0 Å². The summed E-state index contributed by atoms with van der Waals surface area (Å²) in [4.78, 5) is 19.8. The quantitative estimate of drug-likeness (QED) is 0.681. The number of carboxylic acid groups (broad SMARTS) is 1. The molecular weight excluding hydrogens is 313 g/mol. The molecule has 0 aromatic rings. The average molecular weight is 319 g/mol. The van der Waals surface area contributed by atoms with Gasteiger partial charge in [0.1, 0.15) is 5.57 Å². The van der Waals surface area contributed by atoms with Crippen molar-refractivity contribution in [1.29, 1.82) is 0 Å². The molecule has 0 aliphatic carbocycles. The van der Waals surface area contributed by atoms with Gasteiger partial charge < -0.3 is 10.2 Å². The van der Waals surface area contributed by atoms with Gasteiger partial charge in [0.25, 0.3) is 0 Å². The number of carboxylic acids is 1. The second-order valence-electron chi connectivity index (χ2n) is 2.87. The number of fused-ring (bicyclic) bond motifs is 1. The highest BCUT2D eigenvalue weighted by Crippen LogP contribution is 2.21. The molecule has 0 aromatic carbocycles. The van der Waals surface area contributed by atoms with Crippen LogP contribution in [0.25, 0.3) is 0 Å². The maximum absolute atomic E-state index is 10.7. The highest BCUT2D eigenvalue weighted by Gasteiger charge is 2.30. The van der Waals surface area contributed by atoms with E-state index < -0.39 is 12.2 Å². The fraction of sp³-hybridized carbons (Fsp3) is 0.125. The van der Waals surface area contributed by atoms with Crippen molar-refractivity contribution in [2.24, 2.45) is 9.98 Å². The molecule has 2 aliphatic heterocycles. The summed E-state index contributed by atoms with van der Waals surface area (Å²) in [6.07, 6.45) is 3.05. The molecule has 0 saturated carbocycles. The van der Waals surface area contributed by atoms with Crippen molar-refractivity contribution in [2.75, 3.05) is 0 Å². The normalized spacial score (nSPS) is 24.0. The predicted octanol–water partition coefficient (Wildman–Crippen LogP) is 0.306. The average Bonchev–Trinajstić information content (AvgIpc) is 2.19. The minimum atomic E-state index is -1.24. The third-order valence-corrected chi connectivity index (χ3v) is 2.46. The Bertz CT molecular complexity index is 438. The van der Waals surface area contributed by atoms with Gasteiger partial charge in [0.2, 0.25) is 5.96 Å². The number of hydrogen-bond acceptors (Lipinski definition) is 5. The molecule has 2 heterocycles. The Hall–Kier alpha value is -1.22.